The van der Waals surface area contributed by atoms with Crippen LogP contribution in [0.3, 0.4) is 0 Å². The Balaban J connectivity index is 1.41. The Morgan fingerprint density at radius 2 is 1.94 bits per heavy atom. The van der Waals surface area contributed by atoms with Gasteiger partial charge in [0.1, 0.15) is 23.2 Å². The lowest BCUT2D eigenvalue weighted by Crippen LogP contribution is -2.34. The van der Waals surface area contributed by atoms with Gasteiger partial charge in [-0.3, -0.25) is 0 Å². The van der Waals surface area contributed by atoms with Crippen LogP contribution in [0.2, 0.25) is 10.0 Å². The Kier molecular flexibility index (Phi) is 5.68. The lowest BCUT2D eigenvalue weighted by atomic mass is 10.0. The smallest absolute Gasteiger partial charge is 0.322 e. The molecule has 1 saturated heterocycles. The number of hydrogen-bond acceptors (Lipinski definition) is 3. The SMILES string of the molecule is O=C(Nc1ccc(Cl)cc1Cl)N1CCCC1c1nc2cc(-c3ccc(F)cc3F)ccc2o1. The van der Waals surface area contributed by atoms with Crippen LogP contribution in [0.25, 0.3) is 22.2 Å². The number of hydrogen-bond donors (Lipinski definition) is 1. The molecule has 33 heavy (non-hydrogen) atoms. The number of carbonyl (C=O) groups is 1. The maximum absolute atomic E-state index is 14.2. The zero-order valence-electron chi connectivity index (χ0n) is 17.1. The highest BCUT2D eigenvalue weighted by Gasteiger charge is 2.34. The number of amides is 2. The van der Waals surface area contributed by atoms with Gasteiger partial charge in [-0.05, 0) is 60.9 Å². The summed E-state index contributed by atoms with van der Waals surface area (Å²) in [4.78, 5) is 19.2. The summed E-state index contributed by atoms with van der Waals surface area (Å²) in [6.45, 7) is 0.534. The van der Waals surface area contributed by atoms with Gasteiger partial charge >= 0.3 is 6.03 Å². The van der Waals surface area contributed by atoms with Crippen molar-refractivity contribution in [3.8, 4) is 11.1 Å². The van der Waals surface area contributed by atoms with Crippen LogP contribution in [0.4, 0.5) is 19.3 Å². The molecule has 1 aromatic heterocycles. The monoisotopic (exact) mass is 487 g/mol. The van der Waals surface area contributed by atoms with E-state index >= 15 is 0 Å². The van der Waals surface area contributed by atoms with E-state index in [1.807, 2.05) is 0 Å². The normalized spacial score (nSPS) is 15.9. The molecule has 1 N–H and O–H groups in total. The first-order valence-corrected chi connectivity index (χ1v) is 11.0. The highest BCUT2D eigenvalue weighted by atomic mass is 35.5. The molecule has 0 spiro atoms. The average molecular weight is 488 g/mol. The van der Waals surface area contributed by atoms with Crippen molar-refractivity contribution in [2.24, 2.45) is 0 Å². The van der Waals surface area contributed by atoms with Gasteiger partial charge in [-0.2, -0.15) is 0 Å². The number of halogens is 4. The van der Waals surface area contributed by atoms with Gasteiger partial charge in [0, 0.05) is 23.2 Å². The number of aromatic nitrogens is 1. The van der Waals surface area contributed by atoms with E-state index in [0.29, 0.717) is 51.3 Å². The van der Waals surface area contributed by atoms with E-state index in [1.165, 1.54) is 12.1 Å². The molecule has 4 aromatic rings. The van der Waals surface area contributed by atoms with Crippen LogP contribution in [-0.4, -0.2) is 22.5 Å². The summed E-state index contributed by atoms with van der Waals surface area (Å²) in [5.74, 6) is -0.894. The summed E-state index contributed by atoms with van der Waals surface area (Å²) in [6, 6.07) is 12.7. The second-order valence-corrected chi connectivity index (χ2v) is 8.61. The molecule has 1 aliphatic heterocycles. The first-order valence-electron chi connectivity index (χ1n) is 10.3. The first kappa shape index (κ1) is 21.7. The predicted molar refractivity (Wildman–Crippen MR) is 124 cm³/mol. The number of rotatable bonds is 3. The first-order chi connectivity index (χ1) is 15.9. The van der Waals surface area contributed by atoms with Crippen molar-refractivity contribution in [2.45, 2.75) is 18.9 Å². The van der Waals surface area contributed by atoms with Gasteiger partial charge in [0.05, 0.1) is 10.7 Å². The van der Waals surface area contributed by atoms with Crippen LogP contribution in [0, 0.1) is 11.6 Å². The largest absolute Gasteiger partial charge is 0.438 e. The minimum Gasteiger partial charge on any atom is -0.438 e. The summed E-state index contributed by atoms with van der Waals surface area (Å²) < 4.78 is 33.4. The van der Waals surface area contributed by atoms with Crippen LogP contribution in [0.15, 0.2) is 59.0 Å². The number of anilines is 1. The number of urea groups is 1. The maximum Gasteiger partial charge on any atom is 0.322 e. The molecule has 1 unspecified atom stereocenters. The Bertz CT molecular complexity index is 1380. The quantitative estimate of drug-likeness (QED) is 0.326. The molecule has 0 radical (unpaired) electrons. The number of nitrogens with zero attached hydrogens (tertiary/aromatic N) is 2. The van der Waals surface area contributed by atoms with E-state index < -0.39 is 11.6 Å². The third kappa shape index (κ3) is 4.26. The maximum atomic E-state index is 14.2. The van der Waals surface area contributed by atoms with Crippen LogP contribution in [-0.2, 0) is 0 Å². The molecule has 5 rings (SSSR count). The third-order valence-electron chi connectivity index (χ3n) is 5.62. The Morgan fingerprint density at radius 3 is 2.73 bits per heavy atom. The number of benzene rings is 3. The van der Waals surface area contributed by atoms with Crippen molar-refractivity contribution < 1.29 is 18.0 Å². The van der Waals surface area contributed by atoms with E-state index in [-0.39, 0.29) is 17.6 Å². The second-order valence-electron chi connectivity index (χ2n) is 7.76. The van der Waals surface area contributed by atoms with Gasteiger partial charge in [0.2, 0.25) is 5.89 Å². The molecule has 9 heteroatoms. The molecule has 0 bridgehead atoms. The lowest BCUT2D eigenvalue weighted by molar-refractivity contribution is 0.199. The summed E-state index contributed by atoms with van der Waals surface area (Å²) in [5.41, 5.74) is 2.33. The van der Waals surface area contributed by atoms with E-state index in [9.17, 15) is 13.6 Å². The van der Waals surface area contributed by atoms with E-state index in [4.69, 9.17) is 27.6 Å². The molecular formula is C24H17Cl2F2N3O2. The highest BCUT2D eigenvalue weighted by molar-refractivity contribution is 6.36. The molecule has 1 aliphatic rings. The molecule has 3 aromatic carbocycles. The van der Waals surface area contributed by atoms with Crippen molar-refractivity contribution >= 4 is 46.0 Å². The van der Waals surface area contributed by atoms with E-state index in [1.54, 1.807) is 41.3 Å². The van der Waals surface area contributed by atoms with Crippen molar-refractivity contribution in [2.75, 3.05) is 11.9 Å². The summed E-state index contributed by atoms with van der Waals surface area (Å²) >= 11 is 12.1. The minimum atomic E-state index is -0.655. The summed E-state index contributed by atoms with van der Waals surface area (Å²) in [5, 5.41) is 3.63. The number of carbonyl (C=O) groups excluding carboxylic acids is 1. The van der Waals surface area contributed by atoms with Crippen molar-refractivity contribution in [1.29, 1.82) is 0 Å². The predicted octanol–water partition coefficient (Wildman–Crippen LogP) is 7.45. The molecular weight excluding hydrogens is 471 g/mol. The van der Waals surface area contributed by atoms with E-state index in [0.717, 1.165) is 12.5 Å². The molecule has 0 saturated carbocycles. The molecule has 2 amide bonds. The van der Waals surface area contributed by atoms with Gasteiger partial charge in [0.15, 0.2) is 5.58 Å². The fourth-order valence-electron chi connectivity index (χ4n) is 4.02. The number of likely N-dealkylation sites (tertiary alicyclic amines) is 1. The highest BCUT2D eigenvalue weighted by Crippen LogP contribution is 2.35. The van der Waals surface area contributed by atoms with Gasteiger partial charge in [-0.25, -0.2) is 18.6 Å². The number of oxazole rings is 1. The fourth-order valence-corrected chi connectivity index (χ4v) is 4.48. The second kappa shape index (κ2) is 8.65. The summed E-state index contributed by atoms with van der Waals surface area (Å²) in [7, 11) is 0. The van der Waals surface area contributed by atoms with Gasteiger partial charge < -0.3 is 14.6 Å². The van der Waals surface area contributed by atoms with Crippen LogP contribution < -0.4 is 5.32 Å². The van der Waals surface area contributed by atoms with Crippen LogP contribution >= 0.6 is 23.2 Å². The molecule has 1 atom stereocenters. The van der Waals surface area contributed by atoms with Gasteiger partial charge in [-0.1, -0.05) is 29.3 Å². The van der Waals surface area contributed by atoms with E-state index in [2.05, 4.69) is 10.3 Å². The van der Waals surface area contributed by atoms with Crippen LogP contribution in [0.1, 0.15) is 24.8 Å². The molecule has 1 fully saturated rings. The third-order valence-corrected chi connectivity index (χ3v) is 6.17. The average Bonchev–Trinajstić information content (AvgIpc) is 3.42. The minimum absolute atomic E-state index is 0.268. The molecule has 0 aliphatic carbocycles. The van der Waals surface area contributed by atoms with Gasteiger partial charge in [0.25, 0.3) is 0 Å². The zero-order valence-corrected chi connectivity index (χ0v) is 18.6. The van der Waals surface area contributed by atoms with Crippen LogP contribution in [0.5, 0.6) is 0 Å². The van der Waals surface area contributed by atoms with Crippen molar-refractivity contribution in [1.82, 2.24) is 9.88 Å². The van der Waals surface area contributed by atoms with Crippen molar-refractivity contribution in [3.05, 3.63) is 82.2 Å². The summed E-state index contributed by atoms with van der Waals surface area (Å²) in [6.07, 6.45) is 1.48. The standard InChI is InChI=1S/C24H17Cl2F2N3O2/c25-14-4-7-19(17(26)11-14)30-24(32)31-9-1-2-21(31)23-29-20-10-13(3-8-22(20)33-23)16-6-5-15(27)12-18(16)28/h3-8,10-12,21H,1-2,9H2,(H,30,32). The number of fused-ring (bicyclic) bond motifs is 1. The lowest BCUT2D eigenvalue weighted by Gasteiger charge is -2.23. The fraction of sp³-hybridized carbons (Fsp3) is 0.167. The molecule has 2 heterocycles. The Labute approximate surface area is 197 Å². The molecule has 168 valence electrons. The Morgan fingerprint density at radius 1 is 1.09 bits per heavy atom. The zero-order chi connectivity index (χ0) is 23.1. The topological polar surface area (TPSA) is 58.4 Å². The van der Waals surface area contributed by atoms with Crippen molar-refractivity contribution in [3.63, 3.8) is 0 Å². The van der Waals surface area contributed by atoms with Gasteiger partial charge in [-0.15, -0.1) is 0 Å². The number of nitrogens with one attached hydrogen (secondary N) is 1. The Hall–Kier alpha value is -3.16. The molecule has 5 nitrogen and oxygen atoms in total.